The molecule has 1 fully saturated rings. The highest BCUT2D eigenvalue weighted by Crippen LogP contribution is 2.46. The van der Waals surface area contributed by atoms with Gasteiger partial charge in [0.05, 0.1) is 21.1 Å². The van der Waals surface area contributed by atoms with E-state index in [9.17, 15) is 14.3 Å². The third kappa shape index (κ3) is 15.7. The Morgan fingerprint density at radius 1 is 1.03 bits per heavy atom. The lowest BCUT2D eigenvalue weighted by atomic mass is 10.1. The summed E-state index contributed by atoms with van der Waals surface area (Å²) in [5.74, 6) is 0.00913. The zero-order valence-corrected chi connectivity index (χ0v) is 22.6. The number of likely N-dealkylation sites (tertiary alicyclic amines) is 1. The van der Waals surface area contributed by atoms with Gasteiger partial charge in [-0.05, 0) is 44.9 Å². The first-order valence-corrected chi connectivity index (χ1v) is 14.5. The zero-order valence-electron chi connectivity index (χ0n) is 21.7. The summed E-state index contributed by atoms with van der Waals surface area (Å²) in [4.78, 5) is 24.3. The third-order valence-corrected chi connectivity index (χ3v) is 6.96. The van der Waals surface area contributed by atoms with Gasteiger partial charge in [-0.3, -0.25) is 13.8 Å². The smallest absolute Gasteiger partial charge is 0.329 e. The first-order valence-electron chi connectivity index (χ1n) is 13.1. The molecular formula is C25H50N2O5P+. The van der Waals surface area contributed by atoms with Crippen LogP contribution in [0.2, 0.25) is 0 Å². The maximum absolute atomic E-state index is 12.6. The molecule has 0 aromatic rings. The number of hydrogen-bond donors (Lipinski definition) is 1. The fourth-order valence-corrected chi connectivity index (χ4v) is 4.78. The second-order valence-electron chi connectivity index (χ2n) is 10.2. The normalized spacial score (nSPS) is 18.8. The van der Waals surface area contributed by atoms with Gasteiger partial charge in [-0.1, -0.05) is 57.6 Å². The van der Waals surface area contributed by atoms with Gasteiger partial charge in [-0.15, -0.1) is 0 Å². The Morgan fingerprint density at radius 2 is 1.64 bits per heavy atom. The van der Waals surface area contributed by atoms with Crippen molar-refractivity contribution in [1.82, 2.24) is 4.90 Å². The average molecular weight is 490 g/mol. The number of quaternary nitrogens is 1. The van der Waals surface area contributed by atoms with Gasteiger partial charge in [0.15, 0.2) is 0 Å². The highest BCUT2D eigenvalue weighted by molar-refractivity contribution is 7.47. The van der Waals surface area contributed by atoms with E-state index in [1.807, 2.05) is 21.1 Å². The van der Waals surface area contributed by atoms with E-state index in [4.69, 9.17) is 9.05 Å². The lowest BCUT2D eigenvalue weighted by Gasteiger charge is -2.27. The molecule has 7 nitrogen and oxygen atoms in total. The molecule has 33 heavy (non-hydrogen) atoms. The van der Waals surface area contributed by atoms with Crippen LogP contribution < -0.4 is 0 Å². The van der Waals surface area contributed by atoms with E-state index in [0.717, 1.165) is 32.1 Å². The highest BCUT2D eigenvalue weighted by Gasteiger charge is 2.36. The first-order chi connectivity index (χ1) is 15.6. The van der Waals surface area contributed by atoms with Crippen molar-refractivity contribution in [3.05, 3.63) is 12.2 Å². The van der Waals surface area contributed by atoms with Crippen molar-refractivity contribution in [2.45, 2.75) is 103 Å². The maximum Gasteiger partial charge on any atom is 0.474 e. The van der Waals surface area contributed by atoms with E-state index < -0.39 is 14.1 Å². The largest absolute Gasteiger partial charge is 0.474 e. The van der Waals surface area contributed by atoms with Crippen molar-refractivity contribution in [2.75, 3.05) is 40.8 Å². The number of nitrogens with zero attached hydrogens (tertiary/aromatic N) is 2. The van der Waals surface area contributed by atoms with E-state index in [0.29, 0.717) is 30.4 Å². The van der Waals surface area contributed by atoms with Crippen molar-refractivity contribution in [3.8, 4) is 0 Å². The van der Waals surface area contributed by atoms with Crippen LogP contribution in [0.3, 0.4) is 0 Å². The van der Waals surface area contributed by atoms with Crippen LogP contribution in [0.5, 0.6) is 0 Å². The Labute approximate surface area is 202 Å². The Bertz CT molecular complexity index is 606. The van der Waals surface area contributed by atoms with Gasteiger partial charge < -0.3 is 14.3 Å². The topological polar surface area (TPSA) is 76.1 Å². The molecule has 0 bridgehead atoms. The minimum atomic E-state index is -4.17. The van der Waals surface area contributed by atoms with Crippen LogP contribution in [0.1, 0.15) is 96.8 Å². The molecule has 1 saturated heterocycles. The van der Waals surface area contributed by atoms with Gasteiger partial charge in [0.2, 0.25) is 5.91 Å². The molecule has 1 amide bonds. The summed E-state index contributed by atoms with van der Waals surface area (Å²) in [5.41, 5.74) is 0. The van der Waals surface area contributed by atoms with Gasteiger partial charge in [-0.2, -0.15) is 0 Å². The van der Waals surface area contributed by atoms with Crippen molar-refractivity contribution in [2.24, 2.45) is 0 Å². The van der Waals surface area contributed by atoms with Crippen LogP contribution in [-0.4, -0.2) is 67.3 Å². The van der Waals surface area contributed by atoms with Gasteiger partial charge in [0.1, 0.15) is 19.4 Å². The SMILES string of the molecule is CCCCCC/C=C\CCCCCCCC(=O)N1CCC[C@@H]1OP(=O)(O)OCC[N+](C)(C)C. The van der Waals surface area contributed by atoms with Gasteiger partial charge in [0, 0.05) is 13.0 Å². The molecular weight excluding hydrogens is 439 g/mol. The summed E-state index contributed by atoms with van der Waals surface area (Å²) in [6.07, 6.45) is 18.9. The summed E-state index contributed by atoms with van der Waals surface area (Å²) < 4.78 is 23.4. The molecule has 0 aromatic heterocycles. The molecule has 1 heterocycles. The quantitative estimate of drug-likeness (QED) is 0.104. The van der Waals surface area contributed by atoms with Crippen molar-refractivity contribution in [3.63, 3.8) is 0 Å². The minimum absolute atomic E-state index is 0.00913. The number of phosphoric ester groups is 1. The fraction of sp³-hybridized carbons (Fsp3) is 0.880. The van der Waals surface area contributed by atoms with Crippen molar-refractivity contribution in [1.29, 1.82) is 0 Å². The first kappa shape index (κ1) is 30.3. The van der Waals surface area contributed by atoms with Crippen molar-refractivity contribution >= 4 is 13.7 Å². The fourth-order valence-electron chi connectivity index (χ4n) is 3.88. The summed E-state index contributed by atoms with van der Waals surface area (Å²) in [6.45, 7) is 3.54. The third-order valence-electron chi connectivity index (χ3n) is 5.94. The van der Waals surface area contributed by atoms with Crippen LogP contribution in [0.15, 0.2) is 12.2 Å². The number of hydrogen-bond acceptors (Lipinski definition) is 4. The Hall–Kier alpha value is -0.720. The predicted molar refractivity (Wildman–Crippen MR) is 135 cm³/mol. The molecule has 0 spiro atoms. The number of allylic oxidation sites excluding steroid dienone is 2. The molecule has 2 atom stereocenters. The predicted octanol–water partition coefficient (Wildman–Crippen LogP) is 6.03. The zero-order chi connectivity index (χ0) is 24.6. The molecule has 0 aliphatic carbocycles. The summed E-state index contributed by atoms with van der Waals surface area (Å²) in [6, 6.07) is 0. The van der Waals surface area contributed by atoms with Gasteiger partial charge in [-0.25, -0.2) is 4.57 Å². The molecule has 1 unspecified atom stereocenters. The van der Waals surface area contributed by atoms with E-state index in [1.165, 1.54) is 44.9 Å². The summed E-state index contributed by atoms with van der Waals surface area (Å²) >= 11 is 0. The second-order valence-corrected chi connectivity index (χ2v) is 11.6. The molecule has 0 aromatic carbocycles. The van der Waals surface area contributed by atoms with Gasteiger partial charge in [0.25, 0.3) is 0 Å². The standard InChI is InChI=1S/C25H49N2O5P/c1-5-6-7-8-9-10-11-12-13-14-15-16-17-19-24(28)26-21-18-20-25(26)32-33(29,30)31-23-22-27(2,3)4/h10-11,25H,5-9,12-23H2,1-4H3/p+1/b11-10-/t25-/m0/s1. The minimum Gasteiger partial charge on any atom is -0.329 e. The summed E-state index contributed by atoms with van der Waals surface area (Å²) in [5, 5.41) is 0. The number of carbonyl (C=O) groups excluding carboxylic acids is 1. The van der Waals surface area contributed by atoms with E-state index in [2.05, 4.69) is 19.1 Å². The monoisotopic (exact) mass is 489 g/mol. The Morgan fingerprint density at radius 3 is 2.27 bits per heavy atom. The second kappa shape index (κ2) is 16.8. The number of phosphoric acid groups is 1. The molecule has 1 aliphatic rings. The molecule has 1 aliphatic heterocycles. The number of carbonyl (C=O) groups is 1. The molecule has 8 heteroatoms. The van der Waals surface area contributed by atoms with Gasteiger partial charge >= 0.3 is 7.82 Å². The van der Waals surface area contributed by atoms with E-state index in [1.54, 1.807) is 4.90 Å². The molecule has 1 rings (SSSR count). The van der Waals surface area contributed by atoms with E-state index in [-0.39, 0.29) is 12.5 Å². The lowest BCUT2D eigenvalue weighted by Crippen LogP contribution is -2.38. The number of amides is 1. The average Bonchev–Trinajstić information content (AvgIpc) is 3.17. The number of likely N-dealkylation sites (N-methyl/N-ethyl adjacent to an activating group) is 1. The van der Waals surface area contributed by atoms with Crippen molar-refractivity contribution < 1.29 is 27.8 Å². The van der Waals surface area contributed by atoms with Crippen LogP contribution in [-0.2, 0) is 18.4 Å². The van der Waals surface area contributed by atoms with Crippen LogP contribution in [0, 0.1) is 0 Å². The Balaban J connectivity index is 2.15. The van der Waals surface area contributed by atoms with Crippen LogP contribution in [0.25, 0.3) is 0 Å². The molecule has 0 radical (unpaired) electrons. The Kier molecular flexibility index (Phi) is 15.5. The van der Waals surface area contributed by atoms with E-state index >= 15 is 0 Å². The molecule has 194 valence electrons. The number of unbranched alkanes of at least 4 members (excludes halogenated alkanes) is 9. The van der Waals surface area contributed by atoms with Crippen LogP contribution >= 0.6 is 7.82 Å². The molecule has 1 N–H and O–H groups in total. The van der Waals surface area contributed by atoms with Crippen LogP contribution in [0.4, 0.5) is 0 Å². The molecule has 0 saturated carbocycles. The lowest BCUT2D eigenvalue weighted by molar-refractivity contribution is -0.870. The number of rotatable bonds is 19. The summed E-state index contributed by atoms with van der Waals surface area (Å²) in [7, 11) is 1.78. The maximum atomic E-state index is 12.6. The highest BCUT2D eigenvalue weighted by atomic mass is 31.2.